The van der Waals surface area contributed by atoms with Crippen LogP contribution >= 0.6 is 0 Å². The van der Waals surface area contributed by atoms with Crippen LogP contribution in [0.5, 0.6) is 5.88 Å². The average Bonchev–Trinajstić information content (AvgIpc) is 2.35. The number of rotatable bonds is 4. The van der Waals surface area contributed by atoms with Crippen LogP contribution in [0.4, 0.5) is 0 Å². The molecule has 0 spiro atoms. The standard InChI is InChI=1S/C11H14N2O4/c1-7-5-6-8(10(12-7)15-2)9(13-17-4)11(14)16-3/h5-6H,1-4H3/b13-9+. The van der Waals surface area contributed by atoms with E-state index < -0.39 is 5.97 Å². The summed E-state index contributed by atoms with van der Waals surface area (Å²) in [7, 11) is 4.08. The predicted octanol–water partition coefficient (Wildman–Crippen LogP) is 0.922. The van der Waals surface area contributed by atoms with Gasteiger partial charge in [-0.3, -0.25) is 0 Å². The lowest BCUT2D eigenvalue weighted by atomic mass is 10.1. The van der Waals surface area contributed by atoms with E-state index in [0.29, 0.717) is 11.4 Å². The van der Waals surface area contributed by atoms with Crippen LogP contribution < -0.4 is 4.74 Å². The Hall–Kier alpha value is -2.11. The minimum Gasteiger partial charge on any atom is -0.480 e. The van der Waals surface area contributed by atoms with Crippen molar-refractivity contribution in [2.75, 3.05) is 21.3 Å². The van der Waals surface area contributed by atoms with Gasteiger partial charge in [-0.1, -0.05) is 5.16 Å². The maximum atomic E-state index is 11.5. The number of aromatic nitrogens is 1. The first-order valence-corrected chi connectivity index (χ1v) is 4.85. The maximum absolute atomic E-state index is 11.5. The largest absolute Gasteiger partial charge is 0.480 e. The molecule has 17 heavy (non-hydrogen) atoms. The molecule has 0 saturated carbocycles. The number of carbonyl (C=O) groups is 1. The molecular weight excluding hydrogens is 224 g/mol. The van der Waals surface area contributed by atoms with E-state index >= 15 is 0 Å². The number of aryl methyl sites for hydroxylation is 1. The molecular formula is C11H14N2O4. The normalized spacial score (nSPS) is 10.9. The fourth-order valence-electron chi connectivity index (χ4n) is 1.25. The van der Waals surface area contributed by atoms with Gasteiger partial charge in [0.05, 0.1) is 19.8 Å². The first kappa shape index (κ1) is 13.0. The van der Waals surface area contributed by atoms with Gasteiger partial charge in [0.2, 0.25) is 5.88 Å². The monoisotopic (exact) mass is 238 g/mol. The zero-order valence-corrected chi connectivity index (χ0v) is 10.2. The Morgan fingerprint density at radius 1 is 1.29 bits per heavy atom. The SMILES string of the molecule is CO/N=C(/C(=O)OC)c1ccc(C)nc1OC. The van der Waals surface area contributed by atoms with Crippen LogP contribution in [0.1, 0.15) is 11.3 Å². The van der Waals surface area contributed by atoms with Crippen LogP contribution in [0.2, 0.25) is 0 Å². The lowest BCUT2D eigenvalue weighted by molar-refractivity contribution is -0.132. The van der Waals surface area contributed by atoms with Gasteiger partial charge in [0.15, 0.2) is 5.71 Å². The van der Waals surface area contributed by atoms with E-state index in [-0.39, 0.29) is 5.71 Å². The Kier molecular flexibility index (Phi) is 4.45. The van der Waals surface area contributed by atoms with E-state index in [1.165, 1.54) is 21.3 Å². The van der Waals surface area contributed by atoms with E-state index in [0.717, 1.165) is 5.69 Å². The van der Waals surface area contributed by atoms with E-state index in [2.05, 4.69) is 19.7 Å². The molecule has 0 radical (unpaired) electrons. The quantitative estimate of drug-likeness (QED) is 0.443. The number of esters is 1. The molecule has 0 bridgehead atoms. The Bertz CT molecular complexity index is 443. The second kappa shape index (κ2) is 5.83. The number of pyridine rings is 1. The number of carbonyl (C=O) groups excluding carboxylic acids is 1. The van der Waals surface area contributed by atoms with Crippen molar-refractivity contribution in [3.63, 3.8) is 0 Å². The van der Waals surface area contributed by atoms with Gasteiger partial charge in [-0.2, -0.15) is 0 Å². The van der Waals surface area contributed by atoms with E-state index in [1.54, 1.807) is 12.1 Å². The third-order valence-electron chi connectivity index (χ3n) is 2.01. The summed E-state index contributed by atoms with van der Waals surface area (Å²) in [5, 5.41) is 3.63. The topological polar surface area (TPSA) is 70.0 Å². The van der Waals surface area contributed by atoms with Crippen molar-refractivity contribution in [3.8, 4) is 5.88 Å². The lowest BCUT2D eigenvalue weighted by Gasteiger charge is -2.08. The summed E-state index contributed by atoms with van der Waals surface area (Å²) in [6.45, 7) is 1.82. The maximum Gasteiger partial charge on any atom is 0.360 e. The highest BCUT2D eigenvalue weighted by atomic mass is 16.6. The van der Waals surface area contributed by atoms with Crippen LogP contribution in [-0.2, 0) is 14.4 Å². The molecule has 6 nitrogen and oxygen atoms in total. The zero-order chi connectivity index (χ0) is 12.8. The van der Waals surface area contributed by atoms with Crippen molar-refractivity contribution in [1.82, 2.24) is 4.98 Å². The fraction of sp³-hybridized carbons (Fsp3) is 0.364. The fourth-order valence-corrected chi connectivity index (χ4v) is 1.25. The second-order valence-electron chi connectivity index (χ2n) is 3.12. The number of methoxy groups -OCH3 is 2. The molecule has 1 heterocycles. The molecule has 0 atom stereocenters. The summed E-state index contributed by atoms with van der Waals surface area (Å²) in [5.74, 6) is -0.318. The summed E-state index contributed by atoms with van der Waals surface area (Å²) in [4.78, 5) is 20.3. The van der Waals surface area contributed by atoms with Crippen molar-refractivity contribution in [3.05, 3.63) is 23.4 Å². The third kappa shape index (κ3) is 2.93. The molecule has 0 aliphatic heterocycles. The first-order valence-electron chi connectivity index (χ1n) is 4.85. The van der Waals surface area contributed by atoms with Gasteiger partial charge in [-0.15, -0.1) is 0 Å². The minimum absolute atomic E-state index is 0.0133. The minimum atomic E-state index is -0.615. The smallest absolute Gasteiger partial charge is 0.360 e. The van der Waals surface area contributed by atoms with Crippen molar-refractivity contribution in [2.24, 2.45) is 5.16 Å². The molecule has 0 saturated heterocycles. The molecule has 1 aromatic heterocycles. The Balaban J connectivity index is 3.28. The van der Waals surface area contributed by atoms with Crippen LogP contribution in [0.3, 0.4) is 0 Å². The number of ether oxygens (including phenoxy) is 2. The van der Waals surface area contributed by atoms with E-state index in [4.69, 9.17) is 4.74 Å². The summed E-state index contributed by atoms with van der Waals surface area (Å²) in [6.07, 6.45) is 0. The van der Waals surface area contributed by atoms with E-state index in [9.17, 15) is 4.79 Å². The molecule has 92 valence electrons. The molecule has 0 unspecified atom stereocenters. The molecule has 0 fully saturated rings. The number of nitrogens with zero attached hydrogens (tertiary/aromatic N) is 2. The summed E-state index contributed by atoms with van der Waals surface area (Å²) < 4.78 is 9.71. The van der Waals surface area contributed by atoms with Gasteiger partial charge in [0.1, 0.15) is 7.11 Å². The summed E-state index contributed by atoms with van der Waals surface area (Å²) in [6, 6.07) is 3.42. The van der Waals surface area contributed by atoms with Crippen molar-refractivity contribution in [1.29, 1.82) is 0 Å². The van der Waals surface area contributed by atoms with Gasteiger partial charge in [-0.05, 0) is 19.1 Å². The van der Waals surface area contributed by atoms with Crippen molar-refractivity contribution in [2.45, 2.75) is 6.92 Å². The van der Waals surface area contributed by atoms with Gasteiger partial charge in [0, 0.05) is 5.69 Å². The van der Waals surface area contributed by atoms with Crippen molar-refractivity contribution < 1.29 is 19.1 Å². The third-order valence-corrected chi connectivity index (χ3v) is 2.01. The Labute approximate surface area is 99.2 Å². The second-order valence-corrected chi connectivity index (χ2v) is 3.12. The predicted molar refractivity (Wildman–Crippen MR) is 61.1 cm³/mol. The highest BCUT2D eigenvalue weighted by Gasteiger charge is 2.20. The molecule has 0 amide bonds. The first-order chi connectivity index (χ1) is 8.13. The van der Waals surface area contributed by atoms with Crippen LogP contribution in [0.15, 0.2) is 17.3 Å². The van der Waals surface area contributed by atoms with Crippen LogP contribution in [0, 0.1) is 6.92 Å². The van der Waals surface area contributed by atoms with Gasteiger partial charge < -0.3 is 14.3 Å². The van der Waals surface area contributed by atoms with Crippen molar-refractivity contribution >= 4 is 11.7 Å². The molecule has 0 aromatic carbocycles. The highest BCUT2D eigenvalue weighted by molar-refractivity contribution is 6.43. The molecule has 0 N–H and O–H groups in total. The average molecular weight is 238 g/mol. The molecule has 6 heteroatoms. The molecule has 0 aliphatic rings. The highest BCUT2D eigenvalue weighted by Crippen LogP contribution is 2.17. The van der Waals surface area contributed by atoms with Crippen LogP contribution in [-0.4, -0.2) is 38.0 Å². The van der Waals surface area contributed by atoms with Gasteiger partial charge in [0.25, 0.3) is 0 Å². The summed E-state index contributed by atoms with van der Waals surface area (Å²) >= 11 is 0. The molecule has 1 rings (SSSR count). The number of oxime groups is 1. The van der Waals surface area contributed by atoms with Gasteiger partial charge >= 0.3 is 5.97 Å². The van der Waals surface area contributed by atoms with E-state index in [1.807, 2.05) is 6.92 Å². The Morgan fingerprint density at radius 3 is 2.53 bits per heavy atom. The summed E-state index contributed by atoms with van der Waals surface area (Å²) in [5.41, 5.74) is 1.21. The zero-order valence-electron chi connectivity index (χ0n) is 10.2. The Morgan fingerprint density at radius 2 is 2.00 bits per heavy atom. The van der Waals surface area contributed by atoms with Gasteiger partial charge in [-0.25, -0.2) is 9.78 Å². The molecule has 0 aliphatic carbocycles. The molecule has 1 aromatic rings. The number of hydrogen-bond acceptors (Lipinski definition) is 6. The number of hydrogen-bond donors (Lipinski definition) is 0. The van der Waals surface area contributed by atoms with Crippen LogP contribution in [0.25, 0.3) is 0 Å². The lowest BCUT2D eigenvalue weighted by Crippen LogP contribution is -2.19.